The molecule has 1 saturated heterocycles. The molecular formula is C15H22N2O3S2. The zero-order valence-electron chi connectivity index (χ0n) is 12.9. The first-order valence-corrected chi connectivity index (χ1v) is 9.48. The molecule has 0 aliphatic carbocycles. The molecule has 0 aromatic heterocycles. The first-order valence-electron chi connectivity index (χ1n) is 7.25. The van der Waals surface area contributed by atoms with Gasteiger partial charge in [-0.1, -0.05) is 17.7 Å². The van der Waals surface area contributed by atoms with Gasteiger partial charge in [0, 0.05) is 25.4 Å². The predicted molar refractivity (Wildman–Crippen MR) is 93.0 cm³/mol. The lowest BCUT2D eigenvalue weighted by molar-refractivity contribution is 0.166. The Morgan fingerprint density at radius 1 is 1.41 bits per heavy atom. The number of aryl methyl sites for hydroxylation is 1. The molecule has 0 spiro atoms. The molecular weight excluding hydrogens is 320 g/mol. The molecule has 1 aliphatic heterocycles. The molecule has 0 unspecified atom stereocenters. The van der Waals surface area contributed by atoms with Crippen LogP contribution in [0.1, 0.15) is 12.0 Å². The van der Waals surface area contributed by atoms with Gasteiger partial charge in [0.2, 0.25) is 0 Å². The Morgan fingerprint density at radius 2 is 2.09 bits per heavy atom. The van der Waals surface area contributed by atoms with Crippen LogP contribution in [0.5, 0.6) is 0 Å². The van der Waals surface area contributed by atoms with E-state index < -0.39 is 9.84 Å². The van der Waals surface area contributed by atoms with E-state index in [9.17, 15) is 8.42 Å². The van der Waals surface area contributed by atoms with Crippen LogP contribution in [0, 0.1) is 6.92 Å². The number of benzene rings is 1. The largest absolute Gasteiger partial charge is 0.383 e. The summed E-state index contributed by atoms with van der Waals surface area (Å²) in [5, 5.41) is 3.73. The van der Waals surface area contributed by atoms with Crippen LogP contribution < -0.4 is 5.32 Å². The standard InChI is InChI=1S/C15H22N2O3S2/c1-12-3-5-13(6-4-12)16-15(21)17(8-9-20-2)14-7-10-22(18,19)11-14/h3-6,14H,7-11H2,1-2H3,(H,16,21)/t14-/m0/s1. The van der Waals surface area contributed by atoms with E-state index in [0.29, 0.717) is 24.7 Å². The minimum Gasteiger partial charge on any atom is -0.383 e. The van der Waals surface area contributed by atoms with Crippen LogP contribution in [0.2, 0.25) is 0 Å². The summed E-state index contributed by atoms with van der Waals surface area (Å²) < 4.78 is 28.6. The Hall–Kier alpha value is -1.18. The second-order valence-corrected chi connectivity index (χ2v) is 8.15. The molecule has 1 N–H and O–H groups in total. The van der Waals surface area contributed by atoms with Crippen molar-refractivity contribution in [3.63, 3.8) is 0 Å². The smallest absolute Gasteiger partial charge is 0.173 e. The normalized spacial score (nSPS) is 19.8. The molecule has 1 aromatic rings. The molecule has 0 saturated carbocycles. The molecule has 1 fully saturated rings. The molecule has 0 amide bonds. The highest BCUT2D eigenvalue weighted by atomic mass is 32.2. The Morgan fingerprint density at radius 3 is 2.64 bits per heavy atom. The quantitative estimate of drug-likeness (QED) is 0.824. The second-order valence-electron chi connectivity index (χ2n) is 5.54. The van der Waals surface area contributed by atoms with Gasteiger partial charge in [0.15, 0.2) is 14.9 Å². The number of ether oxygens (including phenoxy) is 1. The number of hydrogen-bond donors (Lipinski definition) is 1. The molecule has 1 aliphatic rings. The fraction of sp³-hybridized carbons (Fsp3) is 0.533. The lowest BCUT2D eigenvalue weighted by atomic mass is 10.2. The summed E-state index contributed by atoms with van der Waals surface area (Å²) in [4.78, 5) is 1.93. The summed E-state index contributed by atoms with van der Waals surface area (Å²) in [7, 11) is -1.32. The van der Waals surface area contributed by atoms with Gasteiger partial charge in [-0.3, -0.25) is 0 Å². The molecule has 0 radical (unpaired) electrons. The third kappa shape index (κ3) is 4.66. The third-order valence-corrected chi connectivity index (χ3v) is 5.84. The number of sulfone groups is 1. The monoisotopic (exact) mass is 342 g/mol. The van der Waals surface area contributed by atoms with E-state index in [4.69, 9.17) is 17.0 Å². The third-order valence-electron chi connectivity index (χ3n) is 3.75. The van der Waals surface area contributed by atoms with Crippen molar-refractivity contribution in [2.24, 2.45) is 0 Å². The van der Waals surface area contributed by atoms with Crippen molar-refractivity contribution in [3.8, 4) is 0 Å². The van der Waals surface area contributed by atoms with Gasteiger partial charge in [0.05, 0.1) is 18.1 Å². The molecule has 22 heavy (non-hydrogen) atoms. The minimum absolute atomic E-state index is 0.0781. The van der Waals surface area contributed by atoms with Crippen molar-refractivity contribution in [1.82, 2.24) is 4.90 Å². The summed E-state index contributed by atoms with van der Waals surface area (Å²) in [6.07, 6.45) is 0.613. The lowest BCUT2D eigenvalue weighted by Gasteiger charge is -2.30. The van der Waals surface area contributed by atoms with E-state index in [-0.39, 0.29) is 17.5 Å². The number of anilines is 1. The maximum absolute atomic E-state index is 11.7. The van der Waals surface area contributed by atoms with E-state index in [0.717, 1.165) is 5.69 Å². The topological polar surface area (TPSA) is 58.6 Å². The van der Waals surface area contributed by atoms with Gasteiger partial charge in [-0.05, 0) is 37.7 Å². The number of rotatable bonds is 5. The Labute approximate surface area is 137 Å². The predicted octanol–water partition coefficient (Wildman–Crippen LogP) is 1.83. The summed E-state index contributed by atoms with van der Waals surface area (Å²) in [6, 6.07) is 7.85. The van der Waals surface area contributed by atoms with E-state index in [2.05, 4.69) is 5.32 Å². The summed E-state index contributed by atoms with van der Waals surface area (Å²) in [6.45, 7) is 3.11. The number of nitrogens with zero attached hydrogens (tertiary/aromatic N) is 1. The maximum atomic E-state index is 11.7. The molecule has 122 valence electrons. The van der Waals surface area contributed by atoms with Gasteiger partial charge in [0.25, 0.3) is 0 Å². The molecule has 5 nitrogen and oxygen atoms in total. The molecule has 7 heteroatoms. The van der Waals surface area contributed by atoms with E-state index in [1.54, 1.807) is 7.11 Å². The van der Waals surface area contributed by atoms with Crippen LogP contribution in [0.25, 0.3) is 0 Å². The fourth-order valence-electron chi connectivity index (χ4n) is 2.49. The van der Waals surface area contributed by atoms with Crippen molar-refractivity contribution < 1.29 is 13.2 Å². The zero-order chi connectivity index (χ0) is 16.2. The average molecular weight is 342 g/mol. The number of nitrogens with one attached hydrogen (secondary N) is 1. The lowest BCUT2D eigenvalue weighted by Crippen LogP contribution is -2.45. The highest BCUT2D eigenvalue weighted by Crippen LogP contribution is 2.19. The van der Waals surface area contributed by atoms with Crippen LogP contribution >= 0.6 is 12.2 Å². The van der Waals surface area contributed by atoms with Crippen molar-refractivity contribution >= 4 is 32.9 Å². The molecule has 2 rings (SSSR count). The Bertz CT molecular complexity index is 614. The maximum Gasteiger partial charge on any atom is 0.173 e. The van der Waals surface area contributed by atoms with Crippen LogP contribution in [0.15, 0.2) is 24.3 Å². The van der Waals surface area contributed by atoms with Crippen molar-refractivity contribution in [2.45, 2.75) is 19.4 Å². The molecule has 1 atom stereocenters. The fourth-order valence-corrected chi connectivity index (χ4v) is 4.58. The SMILES string of the molecule is COCCN(C(=S)Nc1ccc(C)cc1)[C@H]1CCS(=O)(=O)C1. The van der Waals surface area contributed by atoms with Crippen molar-refractivity contribution in [3.05, 3.63) is 29.8 Å². The van der Waals surface area contributed by atoms with Gasteiger partial charge in [-0.25, -0.2) is 8.42 Å². The minimum atomic E-state index is -2.95. The molecule has 1 heterocycles. The summed E-state index contributed by atoms with van der Waals surface area (Å²) in [5.74, 6) is 0.390. The zero-order valence-corrected chi connectivity index (χ0v) is 14.5. The first kappa shape index (κ1) is 17.2. The van der Waals surface area contributed by atoms with Crippen molar-refractivity contribution in [2.75, 3.05) is 37.1 Å². The van der Waals surface area contributed by atoms with Crippen LogP contribution in [0.4, 0.5) is 5.69 Å². The van der Waals surface area contributed by atoms with Gasteiger partial charge in [0.1, 0.15) is 0 Å². The van der Waals surface area contributed by atoms with Crippen molar-refractivity contribution in [1.29, 1.82) is 0 Å². The van der Waals surface area contributed by atoms with Crippen LogP contribution in [-0.2, 0) is 14.6 Å². The highest BCUT2D eigenvalue weighted by molar-refractivity contribution is 7.91. The number of hydrogen-bond acceptors (Lipinski definition) is 4. The van der Waals surface area contributed by atoms with Gasteiger partial charge < -0.3 is 15.0 Å². The number of thiocarbonyl (C=S) groups is 1. The van der Waals surface area contributed by atoms with E-state index in [1.807, 2.05) is 36.1 Å². The highest BCUT2D eigenvalue weighted by Gasteiger charge is 2.33. The van der Waals surface area contributed by atoms with Gasteiger partial charge >= 0.3 is 0 Å². The Balaban J connectivity index is 2.07. The second kappa shape index (κ2) is 7.39. The first-order chi connectivity index (χ1) is 10.4. The molecule has 0 bridgehead atoms. The van der Waals surface area contributed by atoms with E-state index >= 15 is 0 Å². The molecule has 1 aromatic carbocycles. The summed E-state index contributed by atoms with van der Waals surface area (Å²) >= 11 is 5.48. The van der Waals surface area contributed by atoms with Crippen LogP contribution in [0.3, 0.4) is 0 Å². The van der Waals surface area contributed by atoms with Crippen LogP contribution in [-0.4, -0.2) is 56.2 Å². The van der Waals surface area contributed by atoms with Gasteiger partial charge in [-0.2, -0.15) is 0 Å². The Kier molecular flexibility index (Phi) is 5.77. The summed E-state index contributed by atoms with van der Waals surface area (Å²) in [5.41, 5.74) is 2.08. The van der Waals surface area contributed by atoms with Gasteiger partial charge in [-0.15, -0.1) is 0 Å². The van der Waals surface area contributed by atoms with E-state index in [1.165, 1.54) is 5.56 Å². The average Bonchev–Trinajstić information content (AvgIpc) is 2.82. The number of methoxy groups -OCH3 is 1.